The summed E-state index contributed by atoms with van der Waals surface area (Å²) in [4.78, 5) is 4.31. The van der Waals surface area contributed by atoms with Gasteiger partial charge in [-0.15, -0.1) is 23.7 Å². The van der Waals surface area contributed by atoms with Gasteiger partial charge < -0.3 is 9.73 Å². The SMILES string of the molecule is Cl.Clc1cc(NCc2ccco2)c2scc(Br)c2n1. The molecule has 0 spiro atoms. The number of aromatic nitrogens is 1. The van der Waals surface area contributed by atoms with Crippen LogP contribution in [-0.4, -0.2) is 4.98 Å². The predicted octanol–water partition coefficient (Wildman–Crippen LogP) is 5.34. The Bertz CT molecular complexity index is 684. The molecule has 0 saturated carbocycles. The van der Waals surface area contributed by atoms with E-state index in [1.165, 1.54) is 0 Å². The minimum absolute atomic E-state index is 0. The van der Waals surface area contributed by atoms with Crippen molar-refractivity contribution in [3.8, 4) is 0 Å². The smallest absolute Gasteiger partial charge is 0.131 e. The van der Waals surface area contributed by atoms with E-state index in [2.05, 4.69) is 26.2 Å². The molecule has 0 saturated heterocycles. The zero-order chi connectivity index (χ0) is 12.5. The van der Waals surface area contributed by atoms with Crippen molar-refractivity contribution in [1.82, 2.24) is 4.98 Å². The summed E-state index contributed by atoms with van der Waals surface area (Å²) in [6, 6.07) is 5.63. The maximum absolute atomic E-state index is 6.02. The minimum atomic E-state index is 0. The van der Waals surface area contributed by atoms with E-state index in [4.69, 9.17) is 16.0 Å². The summed E-state index contributed by atoms with van der Waals surface area (Å²) in [6.45, 7) is 0.623. The highest BCUT2D eigenvalue weighted by atomic mass is 79.9. The number of nitrogens with zero attached hydrogens (tertiary/aromatic N) is 1. The lowest BCUT2D eigenvalue weighted by Gasteiger charge is -2.06. The molecule has 19 heavy (non-hydrogen) atoms. The Kier molecular flexibility index (Phi) is 4.73. The molecule has 1 N–H and O–H groups in total. The lowest BCUT2D eigenvalue weighted by Crippen LogP contribution is -1.98. The van der Waals surface area contributed by atoms with E-state index in [1.807, 2.05) is 23.6 Å². The molecule has 0 aromatic carbocycles. The third-order valence-corrected chi connectivity index (χ3v) is 4.59. The number of anilines is 1. The quantitative estimate of drug-likeness (QED) is 0.624. The Morgan fingerprint density at radius 2 is 2.32 bits per heavy atom. The molecular weight excluding hydrogens is 371 g/mol. The summed E-state index contributed by atoms with van der Waals surface area (Å²) in [7, 11) is 0. The average Bonchev–Trinajstić information content (AvgIpc) is 2.97. The molecule has 0 amide bonds. The number of furan rings is 1. The third kappa shape index (κ3) is 3.05. The normalized spacial score (nSPS) is 10.4. The van der Waals surface area contributed by atoms with E-state index in [1.54, 1.807) is 17.6 Å². The monoisotopic (exact) mass is 378 g/mol. The highest BCUT2D eigenvalue weighted by molar-refractivity contribution is 9.10. The number of fused-ring (bicyclic) bond motifs is 1. The van der Waals surface area contributed by atoms with E-state index >= 15 is 0 Å². The van der Waals surface area contributed by atoms with Gasteiger partial charge in [-0.1, -0.05) is 11.6 Å². The first-order valence-electron chi connectivity index (χ1n) is 5.23. The fourth-order valence-corrected chi connectivity index (χ4v) is 3.43. The van der Waals surface area contributed by atoms with Crippen LogP contribution >= 0.6 is 51.3 Å². The van der Waals surface area contributed by atoms with Gasteiger partial charge in [0.25, 0.3) is 0 Å². The maximum atomic E-state index is 6.02. The Hall–Kier alpha value is -0.750. The molecule has 0 bridgehead atoms. The summed E-state index contributed by atoms with van der Waals surface area (Å²) < 4.78 is 7.33. The molecule has 3 rings (SSSR count). The molecule has 0 aliphatic heterocycles. The van der Waals surface area contributed by atoms with E-state index in [0.29, 0.717) is 11.7 Å². The fraction of sp³-hybridized carbons (Fsp3) is 0.0833. The molecule has 0 aliphatic carbocycles. The molecule has 0 atom stereocenters. The lowest BCUT2D eigenvalue weighted by atomic mass is 10.3. The highest BCUT2D eigenvalue weighted by Crippen LogP contribution is 2.35. The number of pyridine rings is 1. The van der Waals surface area contributed by atoms with Crippen LogP contribution in [0.3, 0.4) is 0 Å². The van der Waals surface area contributed by atoms with Crippen LogP contribution in [0.25, 0.3) is 10.2 Å². The van der Waals surface area contributed by atoms with Crippen molar-refractivity contribution in [2.24, 2.45) is 0 Å². The topological polar surface area (TPSA) is 38.1 Å². The largest absolute Gasteiger partial charge is 0.467 e. The first kappa shape index (κ1) is 14.7. The maximum Gasteiger partial charge on any atom is 0.131 e. The number of hydrogen-bond acceptors (Lipinski definition) is 4. The van der Waals surface area contributed by atoms with Gasteiger partial charge in [0.2, 0.25) is 0 Å². The van der Waals surface area contributed by atoms with Gasteiger partial charge in [0.05, 0.1) is 33.2 Å². The van der Waals surface area contributed by atoms with Gasteiger partial charge in [0.15, 0.2) is 0 Å². The van der Waals surface area contributed by atoms with Crippen LogP contribution in [0.15, 0.2) is 38.7 Å². The lowest BCUT2D eigenvalue weighted by molar-refractivity contribution is 0.518. The summed E-state index contributed by atoms with van der Waals surface area (Å²) in [6.07, 6.45) is 1.66. The second-order valence-corrected chi connectivity index (χ2v) is 5.81. The molecule has 7 heteroatoms. The van der Waals surface area contributed by atoms with Gasteiger partial charge in [-0.3, -0.25) is 0 Å². The van der Waals surface area contributed by atoms with Crippen LogP contribution in [0.2, 0.25) is 5.15 Å². The summed E-state index contributed by atoms with van der Waals surface area (Å²) in [5.41, 5.74) is 1.85. The van der Waals surface area contributed by atoms with Gasteiger partial charge >= 0.3 is 0 Å². The molecule has 0 fully saturated rings. The number of nitrogens with one attached hydrogen (secondary N) is 1. The summed E-state index contributed by atoms with van der Waals surface area (Å²) in [5.74, 6) is 0.881. The van der Waals surface area contributed by atoms with Gasteiger partial charge in [0, 0.05) is 11.4 Å². The minimum Gasteiger partial charge on any atom is -0.467 e. The predicted molar refractivity (Wildman–Crippen MR) is 85.6 cm³/mol. The van der Waals surface area contributed by atoms with Crippen molar-refractivity contribution in [3.05, 3.63) is 45.2 Å². The van der Waals surface area contributed by atoms with Crippen LogP contribution in [0.4, 0.5) is 5.69 Å². The zero-order valence-corrected chi connectivity index (χ0v) is 13.5. The van der Waals surface area contributed by atoms with Crippen LogP contribution in [0.5, 0.6) is 0 Å². The van der Waals surface area contributed by atoms with Gasteiger partial charge in [-0.25, -0.2) is 4.98 Å². The Morgan fingerprint density at radius 3 is 3.05 bits per heavy atom. The molecule has 3 heterocycles. The average molecular weight is 380 g/mol. The molecular formula is C12H9BrCl2N2OS. The van der Waals surface area contributed by atoms with E-state index in [0.717, 1.165) is 26.1 Å². The molecule has 3 nitrogen and oxygen atoms in total. The number of hydrogen-bond donors (Lipinski definition) is 1. The molecule has 3 aromatic rings. The van der Waals surface area contributed by atoms with E-state index in [9.17, 15) is 0 Å². The molecule has 0 radical (unpaired) electrons. The fourth-order valence-electron chi connectivity index (χ4n) is 1.68. The van der Waals surface area contributed by atoms with Crippen molar-refractivity contribution in [2.45, 2.75) is 6.54 Å². The number of rotatable bonds is 3. The second kappa shape index (κ2) is 6.13. The van der Waals surface area contributed by atoms with Gasteiger partial charge in [-0.2, -0.15) is 0 Å². The third-order valence-electron chi connectivity index (χ3n) is 2.48. The molecule has 3 aromatic heterocycles. The summed E-state index contributed by atoms with van der Waals surface area (Å²) >= 11 is 11.1. The van der Waals surface area contributed by atoms with Crippen molar-refractivity contribution < 1.29 is 4.42 Å². The standard InChI is InChI=1S/C12H8BrClN2OS.ClH/c13-8-6-18-12-9(4-10(14)16-11(8)12)15-5-7-2-1-3-17-7;/h1-4,6H,5H2,(H,15,16);1H. The van der Waals surface area contributed by atoms with Crippen LogP contribution in [0.1, 0.15) is 5.76 Å². The number of thiophene rings is 1. The van der Waals surface area contributed by atoms with Crippen molar-refractivity contribution in [3.63, 3.8) is 0 Å². The molecule has 0 unspecified atom stereocenters. The van der Waals surface area contributed by atoms with Gasteiger partial charge in [-0.05, 0) is 28.1 Å². The zero-order valence-electron chi connectivity index (χ0n) is 9.52. The van der Waals surface area contributed by atoms with Gasteiger partial charge in [0.1, 0.15) is 10.9 Å². The van der Waals surface area contributed by atoms with Crippen LogP contribution in [-0.2, 0) is 6.54 Å². The molecule has 100 valence electrons. The Labute approximate surface area is 133 Å². The van der Waals surface area contributed by atoms with Crippen molar-refractivity contribution >= 4 is 67.2 Å². The first-order valence-corrected chi connectivity index (χ1v) is 7.28. The van der Waals surface area contributed by atoms with Crippen LogP contribution in [0, 0.1) is 0 Å². The summed E-state index contributed by atoms with van der Waals surface area (Å²) in [5, 5.41) is 5.80. The molecule has 0 aliphatic rings. The first-order chi connectivity index (χ1) is 8.74. The van der Waals surface area contributed by atoms with E-state index < -0.39 is 0 Å². The van der Waals surface area contributed by atoms with Crippen molar-refractivity contribution in [2.75, 3.05) is 5.32 Å². The van der Waals surface area contributed by atoms with Crippen molar-refractivity contribution in [1.29, 1.82) is 0 Å². The van der Waals surface area contributed by atoms with E-state index in [-0.39, 0.29) is 12.4 Å². The number of halogens is 3. The second-order valence-electron chi connectivity index (χ2n) is 3.69. The Balaban J connectivity index is 0.00000133. The highest BCUT2D eigenvalue weighted by Gasteiger charge is 2.10. The Morgan fingerprint density at radius 1 is 1.47 bits per heavy atom. The van der Waals surface area contributed by atoms with Crippen LogP contribution < -0.4 is 5.32 Å².